The lowest BCUT2D eigenvalue weighted by Crippen LogP contribution is -2.10. The van der Waals surface area contributed by atoms with E-state index in [-0.39, 0.29) is 0 Å². The van der Waals surface area contributed by atoms with E-state index in [2.05, 4.69) is 53.8 Å². The lowest BCUT2D eigenvalue weighted by atomic mass is 10.1. The molecule has 5 rings (SSSR count). The maximum atomic E-state index is 4.89. The second-order valence-corrected chi connectivity index (χ2v) is 6.71. The van der Waals surface area contributed by atoms with E-state index in [0.29, 0.717) is 6.04 Å². The molecule has 0 aliphatic heterocycles. The number of fused-ring (bicyclic) bond motifs is 2. The highest BCUT2D eigenvalue weighted by Crippen LogP contribution is 2.35. The van der Waals surface area contributed by atoms with Gasteiger partial charge in [0.2, 0.25) is 0 Å². The van der Waals surface area contributed by atoms with Gasteiger partial charge in [0.15, 0.2) is 5.82 Å². The molecule has 0 radical (unpaired) electrons. The number of nitrogens with zero attached hydrogens (tertiary/aromatic N) is 2. The molecule has 1 atom stereocenters. The molecule has 1 aliphatic carbocycles. The van der Waals surface area contributed by atoms with Crippen molar-refractivity contribution < 1.29 is 0 Å². The van der Waals surface area contributed by atoms with E-state index in [4.69, 9.17) is 9.97 Å². The topological polar surface area (TPSA) is 37.8 Å². The molecule has 0 bridgehead atoms. The van der Waals surface area contributed by atoms with E-state index in [0.717, 1.165) is 41.0 Å². The molecule has 3 heteroatoms. The van der Waals surface area contributed by atoms with Crippen molar-refractivity contribution in [3.8, 4) is 11.4 Å². The van der Waals surface area contributed by atoms with Crippen molar-refractivity contribution in [3.63, 3.8) is 0 Å². The summed E-state index contributed by atoms with van der Waals surface area (Å²) in [6.07, 6.45) is 2.21. The monoisotopic (exact) mass is 337 g/mol. The largest absolute Gasteiger partial charge is 0.363 e. The number of aromatic nitrogens is 2. The molecule has 126 valence electrons. The Kier molecular flexibility index (Phi) is 3.64. The summed E-state index contributed by atoms with van der Waals surface area (Å²) >= 11 is 0. The molecule has 0 fully saturated rings. The Morgan fingerprint density at radius 2 is 1.54 bits per heavy atom. The van der Waals surface area contributed by atoms with Crippen LogP contribution in [0.4, 0.5) is 5.82 Å². The number of hydrogen-bond donors (Lipinski definition) is 1. The Morgan fingerprint density at radius 3 is 2.46 bits per heavy atom. The van der Waals surface area contributed by atoms with Crippen LogP contribution in [0, 0.1) is 0 Å². The molecular formula is C23H19N3. The molecule has 1 aliphatic rings. The molecule has 0 saturated carbocycles. The molecular weight excluding hydrogens is 318 g/mol. The van der Waals surface area contributed by atoms with Crippen molar-refractivity contribution >= 4 is 16.7 Å². The zero-order chi connectivity index (χ0) is 17.3. The first-order chi connectivity index (χ1) is 12.9. The summed E-state index contributed by atoms with van der Waals surface area (Å²) in [5.74, 6) is 1.68. The first-order valence-electron chi connectivity index (χ1n) is 9.05. The number of benzene rings is 3. The van der Waals surface area contributed by atoms with E-state index in [1.807, 2.05) is 30.3 Å². The Hall–Kier alpha value is -3.20. The molecule has 26 heavy (non-hydrogen) atoms. The summed E-state index contributed by atoms with van der Waals surface area (Å²) in [6.45, 7) is 0. The highest BCUT2D eigenvalue weighted by Gasteiger charge is 2.23. The van der Waals surface area contributed by atoms with Crippen molar-refractivity contribution in [2.24, 2.45) is 0 Å². The zero-order valence-electron chi connectivity index (χ0n) is 14.4. The van der Waals surface area contributed by atoms with E-state index < -0.39 is 0 Å². The molecule has 1 N–H and O–H groups in total. The highest BCUT2D eigenvalue weighted by molar-refractivity contribution is 5.90. The van der Waals surface area contributed by atoms with E-state index in [9.17, 15) is 0 Å². The van der Waals surface area contributed by atoms with Crippen molar-refractivity contribution in [1.82, 2.24) is 9.97 Å². The van der Waals surface area contributed by atoms with Crippen LogP contribution >= 0.6 is 0 Å². The predicted molar refractivity (Wildman–Crippen MR) is 106 cm³/mol. The molecule has 0 saturated heterocycles. The summed E-state index contributed by atoms with van der Waals surface area (Å²) in [6, 6.07) is 27.4. The van der Waals surface area contributed by atoms with Crippen LogP contribution in [0.2, 0.25) is 0 Å². The fourth-order valence-electron chi connectivity index (χ4n) is 3.78. The number of anilines is 1. The van der Waals surface area contributed by atoms with Crippen LogP contribution in [0.25, 0.3) is 22.3 Å². The molecule has 3 nitrogen and oxygen atoms in total. The maximum Gasteiger partial charge on any atom is 0.162 e. The second-order valence-electron chi connectivity index (χ2n) is 6.71. The van der Waals surface area contributed by atoms with Gasteiger partial charge in [-0.3, -0.25) is 0 Å². The fraction of sp³-hybridized carbons (Fsp3) is 0.130. The third-order valence-electron chi connectivity index (χ3n) is 5.08. The zero-order valence-corrected chi connectivity index (χ0v) is 14.4. The normalized spacial score (nSPS) is 15.8. The van der Waals surface area contributed by atoms with Crippen LogP contribution in [-0.2, 0) is 6.42 Å². The molecule has 1 unspecified atom stereocenters. The van der Waals surface area contributed by atoms with Crippen LogP contribution in [-0.4, -0.2) is 9.97 Å². The van der Waals surface area contributed by atoms with Crippen molar-refractivity contribution in [1.29, 1.82) is 0 Å². The van der Waals surface area contributed by atoms with Crippen LogP contribution in [0.1, 0.15) is 23.6 Å². The third kappa shape index (κ3) is 2.62. The van der Waals surface area contributed by atoms with Gasteiger partial charge in [-0.15, -0.1) is 0 Å². The summed E-state index contributed by atoms with van der Waals surface area (Å²) in [5, 5.41) is 4.77. The van der Waals surface area contributed by atoms with E-state index in [1.54, 1.807) is 0 Å². The lowest BCUT2D eigenvalue weighted by Gasteiger charge is -2.17. The first kappa shape index (κ1) is 15.1. The standard InChI is InChI=1S/C23H19N3/c1-2-9-17(10-3-1)22-24-20-13-7-6-12-19(20)23(26-22)25-21-15-14-16-8-4-5-11-18(16)21/h1-13,21H,14-15H2,(H,24,25,26). The Morgan fingerprint density at radius 1 is 0.769 bits per heavy atom. The molecule has 1 heterocycles. The SMILES string of the molecule is c1ccc(-c2nc(NC3CCc4ccccc43)c3ccccc3n2)cc1. The molecule has 1 aromatic heterocycles. The van der Waals surface area contributed by atoms with Crippen molar-refractivity contribution in [3.05, 3.63) is 90.0 Å². The minimum atomic E-state index is 0.299. The quantitative estimate of drug-likeness (QED) is 0.544. The summed E-state index contributed by atoms with van der Waals surface area (Å²) in [5.41, 5.74) is 4.83. The van der Waals surface area contributed by atoms with Gasteiger partial charge in [-0.2, -0.15) is 0 Å². The number of hydrogen-bond acceptors (Lipinski definition) is 3. The predicted octanol–water partition coefficient (Wildman–Crippen LogP) is 5.40. The maximum absolute atomic E-state index is 4.89. The number of para-hydroxylation sites is 1. The summed E-state index contributed by atoms with van der Waals surface area (Å²) < 4.78 is 0. The first-order valence-corrected chi connectivity index (χ1v) is 9.05. The Bertz CT molecular complexity index is 1070. The van der Waals surface area contributed by atoms with Crippen LogP contribution < -0.4 is 5.32 Å². The molecule has 0 spiro atoms. The lowest BCUT2D eigenvalue weighted by molar-refractivity contribution is 0.758. The van der Waals surface area contributed by atoms with Crippen LogP contribution in [0.15, 0.2) is 78.9 Å². The van der Waals surface area contributed by atoms with Gasteiger partial charge in [0.25, 0.3) is 0 Å². The van der Waals surface area contributed by atoms with Gasteiger partial charge in [-0.1, -0.05) is 66.7 Å². The summed E-state index contributed by atoms with van der Waals surface area (Å²) in [7, 11) is 0. The fourth-order valence-corrected chi connectivity index (χ4v) is 3.78. The number of rotatable bonds is 3. The van der Waals surface area contributed by atoms with E-state index >= 15 is 0 Å². The van der Waals surface area contributed by atoms with Crippen molar-refractivity contribution in [2.45, 2.75) is 18.9 Å². The van der Waals surface area contributed by atoms with Crippen LogP contribution in [0.3, 0.4) is 0 Å². The van der Waals surface area contributed by atoms with Gasteiger partial charge in [-0.05, 0) is 36.1 Å². The number of aryl methyl sites for hydroxylation is 1. The van der Waals surface area contributed by atoms with Gasteiger partial charge in [-0.25, -0.2) is 9.97 Å². The Balaban J connectivity index is 1.61. The van der Waals surface area contributed by atoms with Gasteiger partial charge in [0.05, 0.1) is 11.6 Å². The van der Waals surface area contributed by atoms with Gasteiger partial charge in [0, 0.05) is 10.9 Å². The third-order valence-corrected chi connectivity index (χ3v) is 5.08. The van der Waals surface area contributed by atoms with E-state index in [1.165, 1.54) is 11.1 Å². The average Bonchev–Trinajstić information content (AvgIpc) is 3.11. The molecule has 0 amide bonds. The molecule has 4 aromatic rings. The summed E-state index contributed by atoms with van der Waals surface area (Å²) in [4.78, 5) is 9.66. The van der Waals surface area contributed by atoms with Gasteiger partial charge < -0.3 is 5.32 Å². The average molecular weight is 337 g/mol. The smallest absolute Gasteiger partial charge is 0.162 e. The molecule has 3 aromatic carbocycles. The van der Waals surface area contributed by atoms with Crippen molar-refractivity contribution in [2.75, 3.05) is 5.32 Å². The van der Waals surface area contributed by atoms with Gasteiger partial charge >= 0.3 is 0 Å². The Labute approximate surface area is 152 Å². The minimum absolute atomic E-state index is 0.299. The highest BCUT2D eigenvalue weighted by atomic mass is 15.1. The minimum Gasteiger partial charge on any atom is -0.363 e. The second kappa shape index (κ2) is 6.26. The number of nitrogens with one attached hydrogen (secondary N) is 1. The van der Waals surface area contributed by atoms with Crippen LogP contribution in [0.5, 0.6) is 0 Å². The van der Waals surface area contributed by atoms with Gasteiger partial charge in [0.1, 0.15) is 5.82 Å².